The van der Waals surface area contributed by atoms with Crippen LogP contribution in [0.25, 0.3) is 6.08 Å². The lowest BCUT2D eigenvalue weighted by Crippen LogP contribution is -2.03. The number of likely N-dealkylation sites (N-methyl/N-ethyl adjacent to an activating group) is 1. The lowest BCUT2D eigenvalue weighted by atomic mass is 10.1. The maximum absolute atomic E-state index is 10.5. The summed E-state index contributed by atoms with van der Waals surface area (Å²) in [5.41, 5.74) is 1.77. The van der Waals surface area contributed by atoms with Gasteiger partial charge < -0.3 is 5.32 Å². The molecule has 1 N–H and O–H groups in total. The third-order valence-corrected chi connectivity index (χ3v) is 1.68. The lowest BCUT2D eigenvalue weighted by Gasteiger charge is -1.94. The fourth-order valence-electron chi connectivity index (χ4n) is 1.05. The maximum Gasteiger partial charge on any atom is 0.150 e. The molecule has 0 aromatic heterocycles. The molecule has 1 rings (SSSR count). The molecule has 0 saturated carbocycles. The SMILES string of the molecule is CNCC=Cc1cccc(C=O)c1. The molecule has 68 valence electrons. The van der Waals surface area contributed by atoms with Gasteiger partial charge in [-0.25, -0.2) is 0 Å². The molecule has 2 heteroatoms. The smallest absolute Gasteiger partial charge is 0.150 e. The molecule has 0 heterocycles. The predicted octanol–water partition coefficient (Wildman–Crippen LogP) is 1.73. The molecule has 0 aliphatic rings. The van der Waals surface area contributed by atoms with Crippen molar-refractivity contribution in [3.8, 4) is 0 Å². The topological polar surface area (TPSA) is 29.1 Å². The standard InChI is InChI=1S/C11H13NO/c1-12-7-3-6-10-4-2-5-11(8-10)9-13/h2-6,8-9,12H,7H2,1H3. The van der Waals surface area contributed by atoms with Gasteiger partial charge in [0.25, 0.3) is 0 Å². The van der Waals surface area contributed by atoms with Gasteiger partial charge in [-0.3, -0.25) is 4.79 Å². The highest BCUT2D eigenvalue weighted by Crippen LogP contribution is 2.04. The van der Waals surface area contributed by atoms with Crippen molar-refractivity contribution in [2.45, 2.75) is 0 Å². The van der Waals surface area contributed by atoms with E-state index in [9.17, 15) is 4.79 Å². The number of benzene rings is 1. The Hall–Kier alpha value is -1.41. The van der Waals surface area contributed by atoms with Crippen molar-refractivity contribution >= 4 is 12.4 Å². The van der Waals surface area contributed by atoms with Crippen LogP contribution in [0, 0.1) is 0 Å². The van der Waals surface area contributed by atoms with E-state index in [1.54, 1.807) is 6.07 Å². The van der Waals surface area contributed by atoms with Crippen molar-refractivity contribution in [3.63, 3.8) is 0 Å². The number of hydrogen-bond acceptors (Lipinski definition) is 2. The quantitative estimate of drug-likeness (QED) is 0.706. The Bertz CT molecular complexity index is 305. The largest absolute Gasteiger partial charge is 0.316 e. The predicted molar refractivity (Wildman–Crippen MR) is 54.8 cm³/mol. The molecule has 0 radical (unpaired) electrons. The second-order valence-corrected chi connectivity index (χ2v) is 2.75. The van der Waals surface area contributed by atoms with Crippen LogP contribution in [0.15, 0.2) is 30.3 Å². The number of carbonyl (C=O) groups is 1. The van der Waals surface area contributed by atoms with Crippen LogP contribution in [0.3, 0.4) is 0 Å². The highest BCUT2D eigenvalue weighted by Gasteiger charge is 1.89. The third kappa shape index (κ3) is 3.22. The van der Waals surface area contributed by atoms with Crippen LogP contribution >= 0.6 is 0 Å². The van der Waals surface area contributed by atoms with Crippen molar-refractivity contribution in [2.75, 3.05) is 13.6 Å². The van der Waals surface area contributed by atoms with Crippen LogP contribution in [-0.4, -0.2) is 19.9 Å². The van der Waals surface area contributed by atoms with Crippen LogP contribution in [0.4, 0.5) is 0 Å². The molecule has 0 bridgehead atoms. The van der Waals surface area contributed by atoms with Crippen LogP contribution < -0.4 is 5.32 Å². The summed E-state index contributed by atoms with van der Waals surface area (Å²) in [5.74, 6) is 0. The zero-order valence-corrected chi connectivity index (χ0v) is 7.66. The number of nitrogens with one attached hydrogen (secondary N) is 1. The highest BCUT2D eigenvalue weighted by atomic mass is 16.1. The molecular weight excluding hydrogens is 162 g/mol. The molecule has 0 spiro atoms. The molecule has 0 amide bonds. The van der Waals surface area contributed by atoms with E-state index in [0.29, 0.717) is 5.56 Å². The van der Waals surface area contributed by atoms with E-state index in [4.69, 9.17) is 0 Å². The monoisotopic (exact) mass is 175 g/mol. The summed E-state index contributed by atoms with van der Waals surface area (Å²) >= 11 is 0. The molecule has 0 atom stereocenters. The normalized spacial score (nSPS) is 10.5. The Morgan fingerprint density at radius 2 is 2.15 bits per heavy atom. The first kappa shape index (κ1) is 9.68. The second-order valence-electron chi connectivity index (χ2n) is 2.75. The van der Waals surface area contributed by atoms with Crippen molar-refractivity contribution < 1.29 is 4.79 Å². The van der Waals surface area contributed by atoms with Gasteiger partial charge in [0, 0.05) is 12.1 Å². The zero-order valence-electron chi connectivity index (χ0n) is 7.66. The summed E-state index contributed by atoms with van der Waals surface area (Å²) in [7, 11) is 1.90. The summed E-state index contributed by atoms with van der Waals surface area (Å²) in [4.78, 5) is 10.5. The molecule has 2 nitrogen and oxygen atoms in total. The van der Waals surface area contributed by atoms with E-state index in [2.05, 4.69) is 5.32 Å². The van der Waals surface area contributed by atoms with E-state index in [1.165, 1.54) is 0 Å². The lowest BCUT2D eigenvalue weighted by molar-refractivity contribution is 0.112. The maximum atomic E-state index is 10.5. The third-order valence-electron chi connectivity index (χ3n) is 1.68. The summed E-state index contributed by atoms with van der Waals surface area (Å²) in [6.07, 6.45) is 4.86. The van der Waals surface area contributed by atoms with Crippen LogP contribution in [0.5, 0.6) is 0 Å². The number of aldehydes is 1. The first-order valence-electron chi connectivity index (χ1n) is 4.23. The van der Waals surface area contributed by atoms with E-state index in [-0.39, 0.29) is 0 Å². The van der Waals surface area contributed by atoms with Gasteiger partial charge in [-0.1, -0.05) is 30.4 Å². The highest BCUT2D eigenvalue weighted by molar-refractivity contribution is 5.76. The molecule has 13 heavy (non-hydrogen) atoms. The Kier molecular flexibility index (Phi) is 3.93. The van der Waals surface area contributed by atoms with Gasteiger partial charge in [-0.15, -0.1) is 0 Å². The fourth-order valence-corrected chi connectivity index (χ4v) is 1.05. The molecule has 0 aliphatic carbocycles. The molecule has 0 unspecified atom stereocenters. The molecule has 0 fully saturated rings. The summed E-state index contributed by atoms with van der Waals surface area (Å²) in [6.45, 7) is 0.839. The molecule has 0 aliphatic heterocycles. The van der Waals surface area contributed by atoms with Gasteiger partial charge in [0.05, 0.1) is 0 Å². The Balaban J connectivity index is 2.71. The van der Waals surface area contributed by atoms with Gasteiger partial charge in [0.1, 0.15) is 6.29 Å². The summed E-state index contributed by atoms with van der Waals surface area (Å²) < 4.78 is 0. The van der Waals surface area contributed by atoms with Gasteiger partial charge >= 0.3 is 0 Å². The van der Waals surface area contributed by atoms with Crippen molar-refractivity contribution in [2.24, 2.45) is 0 Å². The van der Waals surface area contributed by atoms with Crippen LogP contribution in [-0.2, 0) is 0 Å². The Labute approximate surface area is 78.3 Å². The number of hydrogen-bond donors (Lipinski definition) is 1. The molecule has 1 aromatic rings. The van der Waals surface area contributed by atoms with Crippen molar-refractivity contribution in [3.05, 3.63) is 41.5 Å². The zero-order chi connectivity index (χ0) is 9.52. The summed E-state index contributed by atoms with van der Waals surface area (Å²) in [6, 6.07) is 7.50. The molecular formula is C11H13NO. The first-order chi connectivity index (χ1) is 6.36. The van der Waals surface area contributed by atoms with Gasteiger partial charge in [0.2, 0.25) is 0 Å². The van der Waals surface area contributed by atoms with E-state index >= 15 is 0 Å². The summed E-state index contributed by atoms with van der Waals surface area (Å²) in [5, 5.41) is 3.01. The van der Waals surface area contributed by atoms with Gasteiger partial charge in [-0.2, -0.15) is 0 Å². The minimum absolute atomic E-state index is 0.714. The Morgan fingerprint density at radius 3 is 2.85 bits per heavy atom. The second kappa shape index (κ2) is 5.27. The number of carbonyl (C=O) groups excluding carboxylic acids is 1. The van der Waals surface area contributed by atoms with Crippen molar-refractivity contribution in [1.82, 2.24) is 5.32 Å². The number of rotatable bonds is 4. The molecule has 0 saturated heterocycles. The van der Waals surface area contributed by atoms with Crippen LogP contribution in [0.2, 0.25) is 0 Å². The minimum atomic E-state index is 0.714. The first-order valence-corrected chi connectivity index (χ1v) is 4.23. The van der Waals surface area contributed by atoms with Crippen molar-refractivity contribution in [1.29, 1.82) is 0 Å². The average Bonchev–Trinajstić information content (AvgIpc) is 2.19. The van der Waals surface area contributed by atoms with Gasteiger partial charge in [0.15, 0.2) is 0 Å². The van der Waals surface area contributed by atoms with E-state index in [1.807, 2.05) is 37.4 Å². The minimum Gasteiger partial charge on any atom is -0.316 e. The average molecular weight is 175 g/mol. The van der Waals surface area contributed by atoms with Crippen LogP contribution in [0.1, 0.15) is 15.9 Å². The van der Waals surface area contributed by atoms with Gasteiger partial charge in [-0.05, 0) is 18.7 Å². The molecule has 1 aromatic carbocycles. The van der Waals surface area contributed by atoms with E-state index in [0.717, 1.165) is 18.4 Å². The van der Waals surface area contributed by atoms with E-state index < -0.39 is 0 Å². The Morgan fingerprint density at radius 1 is 1.38 bits per heavy atom. The fraction of sp³-hybridized carbons (Fsp3) is 0.182.